The molecule has 0 aliphatic heterocycles. The molecule has 3 rings (SSSR count). The number of rotatable bonds is 5. The minimum Gasteiger partial charge on any atom is -0.494 e. The lowest BCUT2D eigenvalue weighted by molar-refractivity contribution is 0.0932. The molecule has 0 fully saturated rings. The molecule has 1 amide bonds. The molecule has 3 nitrogen and oxygen atoms in total. The maximum Gasteiger partial charge on any atom is 0.251 e. The van der Waals surface area contributed by atoms with Gasteiger partial charge in [-0.2, -0.15) is 0 Å². The SMILES string of the molecule is CCCOc1ccc(C(=O)N[C@H]2CCCc3ccccc32)cc1. The van der Waals surface area contributed by atoms with Gasteiger partial charge in [-0.1, -0.05) is 31.2 Å². The average molecular weight is 309 g/mol. The number of fused-ring (bicyclic) bond motifs is 1. The molecule has 0 aromatic heterocycles. The highest BCUT2D eigenvalue weighted by molar-refractivity contribution is 5.94. The monoisotopic (exact) mass is 309 g/mol. The van der Waals surface area contributed by atoms with Gasteiger partial charge < -0.3 is 10.1 Å². The first-order chi connectivity index (χ1) is 11.3. The first-order valence-corrected chi connectivity index (χ1v) is 8.39. The van der Waals surface area contributed by atoms with Crippen molar-refractivity contribution in [3.8, 4) is 5.75 Å². The summed E-state index contributed by atoms with van der Waals surface area (Å²) < 4.78 is 5.55. The molecule has 1 aliphatic rings. The highest BCUT2D eigenvalue weighted by Crippen LogP contribution is 2.29. The van der Waals surface area contributed by atoms with Crippen molar-refractivity contribution in [2.45, 2.75) is 38.6 Å². The average Bonchev–Trinajstić information content (AvgIpc) is 2.60. The summed E-state index contributed by atoms with van der Waals surface area (Å²) in [5.41, 5.74) is 3.29. The number of hydrogen-bond acceptors (Lipinski definition) is 2. The van der Waals surface area contributed by atoms with E-state index in [9.17, 15) is 4.79 Å². The lowest BCUT2D eigenvalue weighted by Crippen LogP contribution is -2.30. The number of amides is 1. The number of carbonyl (C=O) groups is 1. The van der Waals surface area contributed by atoms with Crippen LogP contribution in [0.1, 0.15) is 53.7 Å². The molecule has 0 unspecified atom stereocenters. The maximum absolute atomic E-state index is 12.5. The van der Waals surface area contributed by atoms with Crippen molar-refractivity contribution in [2.24, 2.45) is 0 Å². The van der Waals surface area contributed by atoms with E-state index in [0.29, 0.717) is 12.2 Å². The highest BCUT2D eigenvalue weighted by Gasteiger charge is 2.21. The number of nitrogens with one attached hydrogen (secondary N) is 1. The van der Waals surface area contributed by atoms with Crippen molar-refractivity contribution < 1.29 is 9.53 Å². The Balaban J connectivity index is 1.68. The fraction of sp³-hybridized carbons (Fsp3) is 0.350. The lowest BCUT2D eigenvalue weighted by Gasteiger charge is -2.26. The molecule has 0 spiro atoms. The molecule has 0 saturated carbocycles. The zero-order valence-electron chi connectivity index (χ0n) is 13.5. The summed E-state index contributed by atoms with van der Waals surface area (Å²) in [4.78, 5) is 12.5. The molecule has 0 bridgehead atoms. The van der Waals surface area contributed by atoms with Crippen molar-refractivity contribution in [2.75, 3.05) is 6.61 Å². The molecule has 23 heavy (non-hydrogen) atoms. The van der Waals surface area contributed by atoms with Gasteiger partial charge in [-0.3, -0.25) is 4.79 Å². The maximum atomic E-state index is 12.5. The van der Waals surface area contributed by atoms with Gasteiger partial charge in [0.2, 0.25) is 0 Å². The third-order valence-corrected chi connectivity index (χ3v) is 4.26. The molecule has 0 heterocycles. The highest BCUT2D eigenvalue weighted by atomic mass is 16.5. The quantitative estimate of drug-likeness (QED) is 0.895. The first-order valence-electron chi connectivity index (χ1n) is 8.39. The number of hydrogen-bond donors (Lipinski definition) is 1. The van der Waals surface area contributed by atoms with E-state index in [4.69, 9.17) is 4.74 Å². The Morgan fingerprint density at radius 2 is 1.96 bits per heavy atom. The van der Waals surface area contributed by atoms with Crippen LogP contribution in [-0.2, 0) is 6.42 Å². The van der Waals surface area contributed by atoms with Gasteiger partial charge >= 0.3 is 0 Å². The minimum atomic E-state index is -0.0197. The third kappa shape index (κ3) is 3.73. The Bertz CT molecular complexity index is 664. The van der Waals surface area contributed by atoms with Crippen LogP contribution in [0.3, 0.4) is 0 Å². The molecule has 1 aliphatic carbocycles. The summed E-state index contributed by atoms with van der Waals surface area (Å²) in [6, 6.07) is 15.9. The molecular formula is C20H23NO2. The fourth-order valence-electron chi connectivity index (χ4n) is 3.07. The Labute approximate surface area is 137 Å². The van der Waals surface area contributed by atoms with E-state index in [1.165, 1.54) is 11.1 Å². The van der Waals surface area contributed by atoms with E-state index in [0.717, 1.165) is 31.4 Å². The topological polar surface area (TPSA) is 38.3 Å². The van der Waals surface area contributed by atoms with Crippen LogP contribution in [0.4, 0.5) is 0 Å². The zero-order valence-corrected chi connectivity index (χ0v) is 13.5. The Kier molecular flexibility index (Phi) is 4.96. The lowest BCUT2D eigenvalue weighted by atomic mass is 9.87. The van der Waals surface area contributed by atoms with Crippen molar-refractivity contribution in [3.05, 3.63) is 65.2 Å². The van der Waals surface area contributed by atoms with Crippen LogP contribution in [0.5, 0.6) is 5.75 Å². The van der Waals surface area contributed by atoms with Crippen LogP contribution >= 0.6 is 0 Å². The van der Waals surface area contributed by atoms with Gasteiger partial charge in [-0.25, -0.2) is 0 Å². The van der Waals surface area contributed by atoms with Gasteiger partial charge in [0.15, 0.2) is 0 Å². The van der Waals surface area contributed by atoms with Crippen molar-refractivity contribution in [1.82, 2.24) is 5.32 Å². The van der Waals surface area contributed by atoms with Gasteiger partial charge in [0.1, 0.15) is 5.75 Å². The molecule has 120 valence electrons. The molecule has 0 radical (unpaired) electrons. The molecule has 2 aromatic rings. The second-order valence-corrected chi connectivity index (χ2v) is 5.99. The van der Waals surface area contributed by atoms with E-state index in [-0.39, 0.29) is 11.9 Å². The second kappa shape index (κ2) is 7.32. The van der Waals surface area contributed by atoms with E-state index < -0.39 is 0 Å². The normalized spacial score (nSPS) is 16.5. The van der Waals surface area contributed by atoms with E-state index in [1.807, 2.05) is 30.3 Å². The van der Waals surface area contributed by atoms with E-state index >= 15 is 0 Å². The second-order valence-electron chi connectivity index (χ2n) is 5.99. The van der Waals surface area contributed by atoms with Crippen LogP contribution in [0.2, 0.25) is 0 Å². The van der Waals surface area contributed by atoms with Crippen molar-refractivity contribution in [1.29, 1.82) is 0 Å². The fourth-order valence-corrected chi connectivity index (χ4v) is 3.07. The number of benzene rings is 2. The molecular weight excluding hydrogens is 286 g/mol. The summed E-state index contributed by atoms with van der Waals surface area (Å²) in [5, 5.41) is 3.17. The predicted octanol–water partition coefficient (Wildman–Crippen LogP) is 4.28. The Morgan fingerprint density at radius 3 is 2.74 bits per heavy atom. The minimum absolute atomic E-state index is 0.0197. The molecule has 1 N–H and O–H groups in total. The van der Waals surface area contributed by atoms with Crippen molar-refractivity contribution in [3.63, 3.8) is 0 Å². The summed E-state index contributed by atoms with van der Waals surface area (Å²) in [6.07, 6.45) is 4.20. The van der Waals surface area contributed by atoms with Gasteiger partial charge in [0.25, 0.3) is 5.91 Å². The summed E-state index contributed by atoms with van der Waals surface area (Å²) in [5.74, 6) is 0.792. The van der Waals surface area contributed by atoms with Gasteiger partial charge in [0, 0.05) is 5.56 Å². The van der Waals surface area contributed by atoms with Crippen LogP contribution in [0.25, 0.3) is 0 Å². The van der Waals surface area contributed by atoms with E-state index in [2.05, 4.69) is 30.4 Å². The Morgan fingerprint density at radius 1 is 1.17 bits per heavy atom. The summed E-state index contributed by atoms with van der Waals surface area (Å²) in [6.45, 7) is 2.77. The van der Waals surface area contributed by atoms with Crippen LogP contribution < -0.4 is 10.1 Å². The molecule has 0 saturated heterocycles. The molecule has 1 atom stereocenters. The van der Waals surface area contributed by atoms with Crippen LogP contribution in [0.15, 0.2) is 48.5 Å². The number of aryl methyl sites for hydroxylation is 1. The van der Waals surface area contributed by atoms with Gasteiger partial charge in [-0.05, 0) is 61.1 Å². The summed E-state index contributed by atoms with van der Waals surface area (Å²) in [7, 11) is 0. The number of ether oxygens (including phenoxy) is 1. The Hall–Kier alpha value is -2.29. The number of carbonyl (C=O) groups excluding carboxylic acids is 1. The molecule has 2 aromatic carbocycles. The van der Waals surface area contributed by atoms with Crippen molar-refractivity contribution >= 4 is 5.91 Å². The van der Waals surface area contributed by atoms with Crippen LogP contribution in [-0.4, -0.2) is 12.5 Å². The predicted molar refractivity (Wildman–Crippen MR) is 91.8 cm³/mol. The van der Waals surface area contributed by atoms with Gasteiger partial charge in [-0.15, -0.1) is 0 Å². The zero-order chi connectivity index (χ0) is 16.1. The summed E-state index contributed by atoms with van der Waals surface area (Å²) >= 11 is 0. The van der Waals surface area contributed by atoms with Gasteiger partial charge in [0.05, 0.1) is 12.6 Å². The first kappa shape index (κ1) is 15.6. The smallest absolute Gasteiger partial charge is 0.251 e. The largest absolute Gasteiger partial charge is 0.494 e. The third-order valence-electron chi connectivity index (χ3n) is 4.26. The molecule has 3 heteroatoms. The van der Waals surface area contributed by atoms with E-state index in [1.54, 1.807) is 0 Å². The standard InChI is InChI=1S/C20H23NO2/c1-2-14-23-17-12-10-16(11-13-17)20(22)21-19-9-5-7-15-6-3-4-8-18(15)19/h3-4,6,8,10-13,19H,2,5,7,9,14H2,1H3,(H,21,22)/t19-/m0/s1. The van der Waals surface area contributed by atoms with Crippen LogP contribution in [0, 0.1) is 0 Å².